The molecule has 0 amide bonds. The summed E-state index contributed by atoms with van der Waals surface area (Å²) in [6.45, 7) is 2.55. The maximum Gasteiger partial charge on any atom is 0.215 e. The van der Waals surface area contributed by atoms with E-state index in [1.807, 2.05) is 6.92 Å². The number of methoxy groups -OCH3 is 2. The summed E-state index contributed by atoms with van der Waals surface area (Å²) in [5.74, 6) is 0.974. The number of halogens is 1. The molecule has 0 aliphatic carbocycles. The highest BCUT2D eigenvalue weighted by Crippen LogP contribution is 2.28. The van der Waals surface area contributed by atoms with Crippen molar-refractivity contribution in [1.82, 2.24) is 9.78 Å². The van der Waals surface area contributed by atoms with Crippen molar-refractivity contribution in [2.24, 2.45) is 0 Å². The molecule has 1 heterocycles. The zero-order chi connectivity index (χ0) is 14.7. The third-order valence-electron chi connectivity index (χ3n) is 2.96. The van der Waals surface area contributed by atoms with Crippen LogP contribution in [0.4, 0.5) is 0 Å². The number of carbonyl (C=O) groups excluding carboxylic acids is 1. The van der Waals surface area contributed by atoms with Crippen LogP contribution in [0.2, 0.25) is 0 Å². The smallest absolute Gasteiger partial charge is 0.215 e. The van der Waals surface area contributed by atoms with Gasteiger partial charge in [-0.1, -0.05) is 0 Å². The number of carbonyl (C=O) groups is 1. The summed E-state index contributed by atoms with van der Waals surface area (Å²) in [7, 11) is 3.09. The number of aromatic nitrogens is 2. The minimum atomic E-state index is -0.143. The lowest BCUT2D eigenvalue weighted by Gasteiger charge is -2.10. The molecule has 0 N–H and O–H groups in total. The van der Waals surface area contributed by atoms with E-state index in [2.05, 4.69) is 21.0 Å². The van der Waals surface area contributed by atoms with Crippen molar-refractivity contribution in [1.29, 1.82) is 0 Å². The third-order valence-corrected chi connectivity index (χ3v) is 3.54. The molecule has 0 atom stereocenters. The molecule has 5 nitrogen and oxygen atoms in total. The number of hydrogen-bond donors (Lipinski definition) is 0. The monoisotopic (exact) mass is 338 g/mol. The Hall–Kier alpha value is -1.82. The quantitative estimate of drug-likeness (QED) is 0.786. The number of hydrogen-bond acceptors (Lipinski definition) is 4. The number of rotatable bonds is 5. The summed E-state index contributed by atoms with van der Waals surface area (Å²) < 4.78 is 12.7. The summed E-state index contributed by atoms with van der Waals surface area (Å²) in [6.07, 6.45) is 1.62. The highest BCUT2D eigenvalue weighted by Gasteiger charge is 2.21. The van der Waals surface area contributed by atoms with Crippen molar-refractivity contribution in [3.8, 4) is 11.5 Å². The number of benzene rings is 1. The Kier molecular flexibility index (Phi) is 4.44. The summed E-state index contributed by atoms with van der Waals surface area (Å²) in [4.78, 5) is 12.7. The van der Waals surface area contributed by atoms with Crippen molar-refractivity contribution < 1.29 is 14.3 Å². The molecule has 20 heavy (non-hydrogen) atoms. The second kappa shape index (κ2) is 6.09. The molecular formula is C14H15BrN2O3. The molecule has 0 aliphatic rings. The van der Waals surface area contributed by atoms with Crippen LogP contribution in [0, 0.1) is 0 Å². The Morgan fingerprint density at radius 2 is 2.10 bits per heavy atom. The van der Waals surface area contributed by atoms with Crippen molar-refractivity contribution in [3.63, 3.8) is 0 Å². The molecular weight excluding hydrogens is 324 g/mol. The van der Waals surface area contributed by atoms with Gasteiger partial charge in [-0.25, -0.2) is 0 Å². The Labute approximate surface area is 125 Å². The fourth-order valence-corrected chi connectivity index (χ4v) is 2.42. The highest BCUT2D eigenvalue weighted by molar-refractivity contribution is 9.10. The van der Waals surface area contributed by atoms with Gasteiger partial charge in [0.1, 0.15) is 17.2 Å². The van der Waals surface area contributed by atoms with Crippen LogP contribution in [0.25, 0.3) is 0 Å². The van der Waals surface area contributed by atoms with Gasteiger partial charge < -0.3 is 9.47 Å². The lowest BCUT2D eigenvalue weighted by atomic mass is 10.1. The minimum Gasteiger partial charge on any atom is -0.497 e. The number of ketones is 1. The highest BCUT2D eigenvalue weighted by atomic mass is 79.9. The normalized spacial score (nSPS) is 10.4. The van der Waals surface area contributed by atoms with Gasteiger partial charge in [-0.05, 0) is 35.0 Å². The van der Waals surface area contributed by atoms with Crippen LogP contribution in [0.5, 0.6) is 11.5 Å². The fourth-order valence-electron chi connectivity index (χ4n) is 1.94. The molecule has 2 aromatic rings. The van der Waals surface area contributed by atoms with Gasteiger partial charge in [0.05, 0.1) is 30.5 Å². The number of aryl methyl sites for hydroxylation is 1. The minimum absolute atomic E-state index is 0.143. The molecule has 0 bridgehead atoms. The van der Waals surface area contributed by atoms with E-state index in [-0.39, 0.29) is 5.78 Å². The van der Waals surface area contributed by atoms with E-state index in [0.717, 1.165) is 0 Å². The van der Waals surface area contributed by atoms with Gasteiger partial charge in [0, 0.05) is 12.6 Å². The molecule has 0 aliphatic heterocycles. The Morgan fingerprint density at radius 1 is 1.35 bits per heavy atom. The van der Waals surface area contributed by atoms with Gasteiger partial charge in [-0.3, -0.25) is 9.48 Å². The first-order chi connectivity index (χ1) is 9.62. The van der Waals surface area contributed by atoms with Gasteiger partial charge in [-0.15, -0.1) is 0 Å². The first kappa shape index (κ1) is 14.6. The van der Waals surface area contributed by atoms with Crippen molar-refractivity contribution in [2.75, 3.05) is 14.2 Å². The van der Waals surface area contributed by atoms with Gasteiger partial charge in [0.2, 0.25) is 5.78 Å². The third kappa shape index (κ3) is 2.56. The van der Waals surface area contributed by atoms with Gasteiger partial charge >= 0.3 is 0 Å². The molecule has 1 aromatic heterocycles. The van der Waals surface area contributed by atoms with E-state index in [9.17, 15) is 4.79 Å². The zero-order valence-electron chi connectivity index (χ0n) is 11.5. The molecule has 2 rings (SSSR count). The van der Waals surface area contributed by atoms with Gasteiger partial charge in [-0.2, -0.15) is 5.10 Å². The largest absolute Gasteiger partial charge is 0.497 e. The van der Waals surface area contributed by atoms with Crippen LogP contribution in [0.3, 0.4) is 0 Å². The van der Waals surface area contributed by atoms with Crippen LogP contribution in [0.1, 0.15) is 23.0 Å². The molecule has 0 fully saturated rings. The van der Waals surface area contributed by atoms with Gasteiger partial charge in [0.15, 0.2) is 0 Å². The van der Waals surface area contributed by atoms with E-state index >= 15 is 0 Å². The Morgan fingerprint density at radius 3 is 2.70 bits per heavy atom. The zero-order valence-corrected chi connectivity index (χ0v) is 13.1. The molecule has 0 saturated carbocycles. The van der Waals surface area contributed by atoms with E-state index in [1.54, 1.807) is 36.2 Å². The molecule has 0 radical (unpaired) electrons. The van der Waals surface area contributed by atoms with E-state index < -0.39 is 0 Å². The first-order valence-electron chi connectivity index (χ1n) is 6.10. The maximum absolute atomic E-state index is 12.7. The van der Waals surface area contributed by atoms with Crippen LogP contribution in [-0.2, 0) is 6.54 Å². The fraction of sp³-hybridized carbons (Fsp3) is 0.286. The maximum atomic E-state index is 12.7. The SMILES string of the molecule is CCn1ncc(Br)c1C(=O)c1ccc(OC)cc1OC. The lowest BCUT2D eigenvalue weighted by Crippen LogP contribution is -2.12. The van der Waals surface area contributed by atoms with Gasteiger partial charge in [0.25, 0.3) is 0 Å². The first-order valence-corrected chi connectivity index (χ1v) is 6.89. The van der Waals surface area contributed by atoms with E-state index in [0.29, 0.717) is 33.8 Å². The molecule has 1 aromatic carbocycles. The number of ether oxygens (including phenoxy) is 2. The van der Waals surface area contributed by atoms with Crippen molar-refractivity contribution in [3.05, 3.63) is 40.1 Å². The molecule has 0 unspecified atom stereocenters. The summed E-state index contributed by atoms with van der Waals surface area (Å²) >= 11 is 3.36. The standard InChI is InChI=1S/C14H15BrN2O3/c1-4-17-13(11(15)8-16-17)14(18)10-6-5-9(19-2)7-12(10)20-3/h5-8H,4H2,1-3H3. The lowest BCUT2D eigenvalue weighted by molar-refractivity contribution is 0.102. The van der Waals surface area contributed by atoms with Crippen molar-refractivity contribution >= 4 is 21.7 Å². The van der Waals surface area contributed by atoms with Crippen LogP contribution in [0.15, 0.2) is 28.9 Å². The Bertz CT molecular complexity index is 637. The molecule has 106 valence electrons. The average molecular weight is 339 g/mol. The summed E-state index contributed by atoms with van der Waals surface area (Å²) in [5.41, 5.74) is 0.986. The predicted octanol–water partition coefficient (Wildman–Crippen LogP) is 2.91. The number of nitrogens with zero attached hydrogens (tertiary/aromatic N) is 2. The topological polar surface area (TPSA) is 53.4 Å². The van der Waals surface area contributed by atoms with Crippen LogP contribution >= 0.6 is 15.9 Å². The van der Waals surface area contributed by atoms with Crippen molar-refractivity contribution in [2.45, 2.75) is 13.5 Å². The van der Waals surface area contributed by atoms with Crippen LogP contribution in [-0.4, -0.2) is 29.8 Å². The second-order valence-electron chi connectivity index (χ2n) is 4.05. The van der Waals surface area contributed by atoms with Crippen LogP contribution < -0.4 is 9.47 Å². The second-order valence-corrected chi connectivity index (χ2v) is 4.91. The Balaban J connectivity index is 2.50. The summed E-state index contributed by atoms with van der Waals surface area (Å²) in [6, 6.07) is 5.11. The molecule has 6 heteroatoms. The predicted molar refractivity (Wildman–Crippen MR) is 78.6 cm³/mol. The van der Waals surface area contributed by atoms with E-state index in [1.165, 1.54) is 7.11 Å². The molecule has 0 saturated heterocycles. The summed E-state index contributed by atoms with van der Waals surface area (Å²) in [5, 5.41) is 4.15. The average Bonchev–Trinajstić information content (AvgIpc) is 2.86. The molecule has 0 spiro atoms. The van der Waals surface area contributed by atoms with E-state index in [4.69, 9.17) is 9.47 Å².